The van der Waals surface area contributed by atoms with Crippen LogP contribution in [0.1, 0.15) is 0 Å². The molecule has 0 radical (unpaired) electrons. The van der Waals surface area contributed by atoms with Crippen molar-refractivity contribution in [2.45, 2.75) is 6.04 Å². The first-order valence-electron chi connectivity index (χ1n) is 5.41. The van der Waals surface area contributed by atoms with Crippen molar-refractivity contribution in [3.63, 3.8) is 0 Å². The third-order valence-electron chi connectivity index (χ3n) is 2.50. The lowest BCUT2D eigenvalue weighted by Crippen LogP contribution is -2.48. The molecule has 1 aromatic heterocycles. The molecular formula is C11H15N3O3. The van der Waals surface area contributed by atoms with Crippen LogP contribution in [0.25, 0.3) is 0 Å². The predicted molar refractivity (Wildman–Crippen MR) is 62.0 cm³/mol. The Labute approximate surface area is 99.3 Å². The van der Waals surface area contributed by atoms with Gasteiger partial charge in [-0.2, -0.15) is 0 Å². The van der Waals surface area contributed by atoms with Gasteiger partial charge in [-0.15, -0.1) is 0 Å². The van der Waals surface area contributed by atoms with Gasteiger partial charge in [-0.25, -0.2) is 0 Å². The summed E-state index contributed by atoms with van der Waals surface area (Å²) >= 11 is 0. The molecule has 0 aliphatic carbocycles. The van der Waals surface area contributed by atoms with Gasteiger partial charge in [0.2, 0.25) is 5.91 Å². The first kappa shape index (κ1) is 11.8. The minimum atomic E-state index is -0.325. The molecule has 0 saturated carbocycles. The summed E-state index contributed by atoms with van der Waals surface area (Å²) in [4.78, 5) is 15.8. The van der Waals surface area contributed by atoms with E-state index in [9.17, 15) is 4.79 Å². The van der Waals surface area contributed by atoms with Gasteiger partial charge in [0, 0.05) is 18.8 Å². The summed E-state index contributed by atoms with van der Waals surface area (Å²) in [5.74, 6) is 0.445. The highest BCUT2D eigenvalue weighted by molar-refractivity contribution is 5.96. The van der Waals surface area contributed by atoms with Crippen molar-refractivity contribution in [2.75, 3.05) is 32.2 Å². The van der Waals surface area contributed by atoms with Gasteiger partial charge in [0.05, 0.1) is 26.5 Å². The van der Waals surface area contributed by atoms with E-state index in [0.717, 1.165) is 0 Å². The molecule has 2 heterocycles. The first-order chi connectivity index (χ1) is 8.31. The standard InChI is InChI=1S/C11H15N3O3/c1-16-10-2-3-12-6-8(10)14-11(15)9-7-17-5-4-13-9/h2-3,6,9,13H,4-5,7H2,1H3,(H,14,15). The molecule has 1 fully saturated rings. The quantitative estimate of drug-likeness (QED) is 0.775. The molecule has 1 amide bonds. The van der Waals surface area contributed by atoms with E-state index in [-0.39, 0.29) is 11.9 Å². The number of nitrogens with one attached hydrogen (secondary N) is 2. The van der Waals surface area contributed by atoms with E-state index in [2.05, 4.69) is 15.6 Å². The zero-order valence-corrected chi connectivity index (χ0v) is 9.60. The number of amides is 1. The maximum absolute atomic E-state index is 11.9. The molecular weight excluding hydrogens is 222 g/mol. The summed E-state index contributed by atoms with van der Waals surface area (Å²) in [6.07, 6.45) is 3.16. The second-order valence-electron chi connectivity index (χ2n) is 3.65. The van der Waals surface area contributed by atoms with Crippen molar-refractivity contribution in [1.29, 1.82) is 0 Å². The molecule has 6 nitrogen and oxygen atoms in total. The van der Waals surface area contributed by atoms with E-state index < -0.39 is 0 Å². The number of nitrogens with zero attached hydrogens (tertiary/aromatic N) is 1. The molecule has 1 saturated heterocycles. The summed E-state index contributed by atoms with van der Waals surface area (Å²) in [5, 5.41) is 5.84. The first-order valence-corrected chi connectivity index (χ1v) is 5.41. The molecule has 17 heavy (non-hydrogen) atoms. The highest BCUT2D eigenvalue weighted by Gasteiger charge is 2.21. The molecule has 1 aliphatic heterocycles. The van der Waals surface area contributed by atoms with E-state index >= 15 is 0 Å². The number of ether oxygens (including phenoxy) is 2. The van der Waals surface area contributed by atoms with Crippen LogP contribution in [0, 0.1) is 0 Å². The lowest BCUT2D eigenvalue weighted by Gasteiger charge is -2.23. The van der Waals surface area contributed by atoms with Gasteiger partial charge >= 0.3 is 0 Å². The average molecular weight is 237 g/mol. The molecule has 0 aromatic carbocycles. The summed E-state index contributed by atoms with van der Waals surface area (Å²) < 4.78 is 10.4. The van der Waals surface area contributed by atoms with Gasteiger partial charge in [-0.3, -0.25) is 9.78 Å². The predicted octanol–water partition coefficient (Wildman–Crippen LogP) is 0.0171. The molecule has 0 bridgehead atoms. The molecule has 0 spiro atoms. The fraction of sp³-hybridized carbons (Fsp3) is 0.455. The summed E-state index contributed by atoms with van der Waals surface area (Å²) in [6, 6.07) is 1.37. The van der Waals surface area contributed by atoms with E-state index in [1.165, 1.54) is 0 Å². The Morgan fingerprint density at radius 1 is 1.71 bits per heavy atom. The van der Waals surface area contributed by atoms with Crippen LogP contribution in [0.4, 0.5) is 5.69 Å². The number of methoxy groups -OCH3 is 1. The number of pyridine rings is 1. The molecule has 2 rings (SSSR count). The molecule has 2 N–H and O–H groups in total. The third kappa shape index (κ3) is 2.92. The lowest BCUT2D eigenvalue weighted by molar-refractivity contribution is -0.120. The zero-order chi connectivity index (χ0) is 12.1. The minimum absolute atomic E-state index is 0.143. The Kier molecular flexibility index (Phi) is 3.89. The fourth-order valence-corrected chi connectivity index (χ4v) is 1.61. The second-order valence-corrected chi connectivity index (χ2v) is 3.65. The minimum Gasteiger partial charge on any atom is -0.494 e. The topological polar surface area (TPSA) is 72.5 Å². The fourth-order valence-electron chi connectivity index (χ4n) is 1.61. The van der Waals surface area contributed by atoms with E-state index in [0.29, 0.717) is 31.2 Å². The average Bonchev–Trinajstić information content (AvgIpc) is 2.40. The lowest BCUT2D eigenvalue weighted by atomic mass is 10.2. The Hall–Kier alpha value is -1.66. The number of hydrogen-bond donors (Lipinski definition) is 2. The molecule has 1 aliphatic rings. The van der Waals surface area contributed by atoms with Crippen molar-refractivity contribution in [1.82, 2.24) is 10.3 Å². The van der Waals surface area contributed by atoms with Crippen LogP contribution in [0.15, 0.2) is 18.5 Å². The zero-order valence-electron chi connectivity index (χ0n) is 9.60. The van der Waals surface area contributed by atoms with Crippen LogP contribution in [0.2, 0.25) is 0 Å². The van der Waals surface area contributed by atoms with E-state index in [1.807, 2.05) is 0 Å². The van der Waals surface area contributed by atoms with Crippen LogP contribution < -0.4 is 15.4 Å². The normalized spacial score (nSPS) is 19.7. The largest absolute Gasteiger partial charge is 0.494 e. The number of aromatic nitrogens is 1. The van der Waals surface area contributed by atoms with Crippen molar-refractivity contribution in [2.24, 2.45) is 0 Å². The van der Waals surface area contributed by atoms with Crippen molar-refractivity contribution in [3.05, 3.63) is 18.5 Å². The van der Waals surface area contributed by atoms with E-state index in [4.69, 9.17) is 9.47 Å². The van der Waals surface area contributed by atoms with E-state index in [1.54, 1.807) is 25.6 Å². The number of carbonyl (C=O) groups is 1. The van der Waals surface area contributed by atoms with Crippen molar-refractivity contribution < 1.29 is 14.3 Å². The SMILES string of the molecule is COc1ccncc1NC(=O)C1COCCN1. The molecule has 6 heteroatoms. The second kappa shape index (κ2) is 5.60. The smallest absolute Gasteiger partial charge is 0.244 e. The number of anilines is 1. The Balaban J connectivity index is 2.01. The molecule has 1 aromatic rings. The highest BCUT2D eigenvalue weighted by atomic mass is 16.5. The van der Waals surface area contributed by atoms with Gasteiger partial charge in [-0.1, -0.05) is 0 Å². The van der Waals surface area contributed by atoms with Crippen LogP contribution in [-0.2, 0) is 9.53 Å². The van der Waals surface area contributed by atoms with Gasteiger partial charge in [-0.05, 0) is 0 Å². The summed E-state index contributed by atoms with van der Waals surface area (Å²) in [7, 11) is 1.55. The van der Waals surface area contributed by atoms with Crippen LogP contribution in [-0.4, -0.2) is 43.8 Å². The van der Waals surface area contributed by atoms with Crippen molar-refractivity contribution >= 4 is 11.6 Å². The molecule has 92 valence electrons. The van der Waals surface area contributed by atoms with Gasteiger partial charge in [0.15, 0.2) is 0 Å². The van der Waals surface area contributed by atoms with Gasteiger partial charge in [0.25, 0.3) is 0 Å². The number of carbonyl (C=O) groups excluding carboxylic acids is 1. The maximum atomic E-state index is 11.9. The van der Waals surface area contributed by atoms with Crippen LogP contribution >= 0.6 is 0 Å². The Morgan fingerprint density at radius 2 is 2.59 bits per heavy atom. The number of morpholine rings is 1. The maximum Gasteiger partial charge on any atom is 0.244 e. The van der Waals surface area contributed by atoms with Gasteiger partial charge < -0.3 is 20.1 Å². The summed E-state index contributed by atoms with van der Waals surface area (Å²) in [5.41, 5.74) is 0.562. The van der Waals surface area contributed by atoms with Gasteiger partial charge in [0.1, 0.15) is 17.5 Å². The summed E-state index contributed by atoms with van der Waals surface area (Å²) in [6.45, 7) is 1.71. The number of rotatable bonds is 3. The Morgan fingerprint density at radius 3 is 3.29 bits per heavy atom. The van der Waals surface area contributed by atoms with Crippen LogP contribution in [0.3, 0.4) is 0 Å². The number of hydrogen-bond acceptors (Lipinski definition) is 5. The Bertz CT molecular complexity index is 391. The highest BCUT2D eigenvalue weighted by Crippen LogP contribution is 2.21. The van der Waals surface area contributed by atoms with Crippen LogP contribution in [0.5, 0.6) is 5.75 Å². The van der Waals surface area contributed by atoms with Crippen molar-refractivity contribution in [3.8, 4) is 5.75 Å². The monoisotopic (exact) mass is 237 g/mol. The molecule has 1 unspecified atom stereocenters. The molecule has 1 atom stereocenters. The third-order valence-corrected chi connectivity index (χ3v) is 2.50.